The zero-order valence-electron chi connectivity index (χ0n) is 7.65. The number of nitrogens with two attached hydrogens (primary N) is 1. The molecule has 13 heavy (non-hydrogen) atoms. The number of aryl methyl sites for hydroxylation is 1. The zero-order chi connectivity index (χ0) is 9.84. The molecule has 0 fully saturated rings. The molecular weight excluding hydrogens is 172 g/mol. The Balaban J connectivity index is 2.63. The SMILES string of the molecule is CCOC(=O)Cn1nc(N)nc1C. The molecule has 0 aliphatic rings. The first kappa shape index (κ1) is 9.50. The average molecular weight is 184 g/mol. The summed E-state index contributed by atoms with van der Waals surface area (Å²) in [5, 5.41) is 3.81. The van der Waals surface area contributed by atoms with E-state index in [2.05, 4.69) is 10.1 Å². The largest absolute Gasteiger partial charge is 0.465 e. The van der Waals surface area contributed by atoms with E-state index in [1.54, 1.807) is 13.8 Å². The molecule has 1 aromatic rings. The Labute approximate surface area is 75.7 Å². The molecule has 6 heteroatoms. The summed E-state index contributed by atoms with van der Waals surface area (Å²) < 4.78 is 6.15. The minimum Gasteiger partial charge on any atom is -0.465 e. The highest BCUT2D eigenvalue weighted by molar-refractivity contribution is 5.69. The second-order valence-corrected chi connectivity index (χ2v) is 2.48. The van der Waals surface area contributed by atoms with E-state index in [1.165, 1.54) is 4.68 Å². The fraction of sp³-hybridized carbons (Fsp3) is 0.571. The number of ether oxygens (including phenoxy) is 1. The van der Waals surface area contributed by atoms with Gasteiger partial charge in [0.2, 0.25) is 5.95 Å². The molecule has 0 aromatic carbocycles. The second kappa shape index (κ2) is 3.88. The molecular formula is C7H12N4O2. The van der Waals surface area contributed by atoms with Gasteiger partial charge < -0.3 is 10.5 Å². The van der Waals surface area contributed by atoms with Crippen LogP contribution in [0, 0.1) is 6.92 Å². The van der Waals surface area contributed by atoms with Gasteiger partial charge in [0.25, 0.3) is 0 Å². The third-order valence-electron chi connectivity index (χ3n) is 1.46. The standard InChI is InChI=1S/C7H12N4O2/c1-3-13-6(12)4-11-5(2)9-7(8)10-11/h3-4H2,1-2H3,(H2,8,10). The Morgan fingerprint density at radius 1 is 1.69 bits per heavy atom. The molecule has 6 nitrogen and oxygen atoms in total. The molecule has 2 N–H and O–H groups in total. The van der Waals surface area contributed by atoms with Crippen molar-refractivity contribution in [3.8, 4) is 0 Å². The Morgan fingerprint density at radius 2 is 2.38 bits per heavy atom. The lowest BCUT2D eigenvalue weighted by Gasteiger charge is -2.01. The maximum atomic E-state index is 11.0. The minimum absolute atomic E-state index is 0.0594. The van der Waals surface area contributed by atoms with E-state index >= 15 is 0 Å². The van der Waals surface area contributed by atoms with Crippen LogP contribution in [0.1, 0.15) is 12.7 Å². The number of aromatic nitrogens is 3. The molecule has 0 bridgehead atoms. The average Bonchev–Trinajstić information content (AvgIpc) is 2.30. The number of hydrogen-bond acceptors (Lipinski definition) is 5. The van der Waals surface area contributed by atoms with Crippen molar-refractivity contribution in [3.63, 3.8) is 0 Å². The van der Waals surface area contributed by atoms with E-state index in [1.807, 2.05) is 0 Å². The molecule has 0 aliphatic carbocycles. The van der Waals surface area contributed by atoms with Gasteiger partial charge in [-0.1, -0.05) is 0 Å². The normalized spacial score (nSPS) is 10.0. The number of nitrogen functional groups attached to an aromatic ring is 1. The van der Waals surface area contributed by atoms with Gasteiger partial charge in [-0.15, -0.1) is 5.10 Å². The Bertz CT molecular complexity index is 307. The molecule has 0 aliphatic heterocycles. The Kier molecular flexibility index (Phi) is 2.84. The van der Waals surface area contributed by atoms with Gasteiger partial charge >= 0.3 is 5.97 Å². The molecule has 0 atom stereocenters. The van der Waals surface area contributed by atoms with Gasteiger partial charge in [-0.25, -0.2) is 4.68 Å². The van der Waals surface area contributed by atoms with Crippen LogP contribution >= 0.6 is 0 Å². The van der Waals surface area contributed by atoms with Gasteiger partial charge in [0.15, 0.2) is 0 Å². The van der Waals surface area contributed by atoms with Crippen LogP contribution in [-0.2, 0) is 16.1 Å². The molecule has 1 heterocycles. The van der Waals surface area contributed by atoms with Crippen LogP contribution in [0.4, 0.5) is 5.95 Å². The maximum Gasteiger partial charge on any atom is 0.327 e. The van der Waals surface area contributed by atoms with Gasteiger partial charge in [-0.2, -0.15) is 4.98 Å². The van der Waals surface area contributed by atoms with Crippen molar-refractivity contribution in [2.75, 3.05) is 12.3 Å². The third-order valence-corrected chi connectivity index (χ3v) is 1.46. The monoisotopic (exact) mass is 184 g/mol. The van der Waals surface area contributed by atoms with Crippen molar-refractivity contribution in [2.24, 2.45) is 0 Å². The highest BCUT2D eigenvalue weighted by Crippen LogP contribution is 1.98. The van der Waals surface area contributed by atoms with E-state index in [4.69, 9.17) is 10.5 Å². The summed E-state index contributed by atoms with van der Waals surface area (Å²) in [6.07, 6.45) is 0. The van der Waals surface area contributed by atoms with Crippen molar-refractivity contribution in [1.82, 2.24) is 14.8 Å². The molecule has 0 amide bonds. The number of anilines is 1. The summed E-state index contributed by atoms with van der Waals surface area (Å²) in [6.45, 7) is 3.90. The lowest BCUT2D eigenvalue weighted by molar-refractivity contribution is -0.144. The van der Waals surface area contributed by atoms with Crippen molar-refractivity contribution in [3.05, 3.63) is 5.82 Å². The fourth-order valence-corrected chi connectivity index (χ4v) is 0.921. The van der Waals surface area contributed by atoms with Crippen LogP contribution in [0.3, 0.4) is 0 Å². The van der Waals surface area contributed by atoms with Crippen LogP contribution in [0.15, 0.2) is 0 Å². The van der Waals surface area contributed by atoms with Crippen molar-refractivity contribution >= 4 is 11.9 Å². The van der Waals surface area contributed by atoms with Crippen LogP contribution in [0.2, 0.25) is 0 Å². The third kappa shape index (κ3) is 2.43. The zero-order valence-corrected chi connectivity index (χ0v) is 7.65. The minimum atomic E-state index is -0.337. The van der Waals surface area contributed by atoms with Crippen LogP contribution in [0.5, 0.6) is 0 Å². The first-order chi connectivity index (χ1) is 6.13. The maximum absolute atomic E-state index is 11.0. The van der Waals surface area contributed by atoms with E-state index in [0.29, 0.717) is 12.4 Å². The molecule has 0 saturated carbocycles. The highest BCUT2D eigenvalue weighted by Gasteiger charge is 2.08. The summed E-state index contributed by atoms with van der Waals surface area (Å²) >= 11 is 0. The van der Waals surface area contributed by atoms with E-state index in [9.17, 15) is 4.79 Å². The van der Waals surface area contributed by atoms with Gasteiger partial charge in [0.05, 0.1) is 6.61 Å². The van der Waals surface area contributed by atoms with Gasteiger partial charge in [-0.05, 0) is 13.8 Å². The molecule has 1 aromatic heterocycles. The number of carbonyl (C=O) groups is 1. The lowest BCUT2D eigenvalue weighted by atomic mass is 10.6. The summed E-state index contributed by atoms with van der Waals surface area (Å²) in [5.41, 5.74) is 5.33. The quantitative estimate of drug-likeness (QED) is 0.654. The van der Waals surface area contributed by atoms with Gasteiger partial charge in [-0.3, -0.25) is 4.79 Å². The predicted octanol–water partition coefficient (Wildman–Crippen LogP) is -0.268. The predicted molar refractivity (Wildman–Crippen MR) is 45.8 cm³/mol. The first-order valence-electron chi connectivity index (χ1n) is 3.96. The molecule has 0 saturated heterocycles. The summed E-state index contributed by atoms with van der Waals surface area (Å²) in [6, 6.07) is 0. The number of hydrogen-bond donors (Lipinski definition) is 1. The number of esters is 1. The number of nitrogens with zero attached hydrogens (tertiary/aromatic N) is 3. The first-order valence-corrected chi connectivity index (χ1v) is 3.96. The Hall–Kier alpha value is -1.59. The summed E-state index contributed by atoms with van der Waals surface area (Å²) in [4.78, 5) is 14.9. The van der Waals surface area contributed by atoms with Crippen molar-refractivity contribution < 1.29 is 9.53 Å². The van der Waals surface area contributed by atoms with E-state index in [0.717, 1.165) is 0 Å². The van der Waals surface area contributed by atoms with E-state index < -0.39 is 0 Å². The van der Waals surface area contributed by atoms with Gasteiger partial charge in [0, 0.05) is 0 Å². The van der Waals surface area contributed by atoms with Crippen LogP contribution in [-0.4, -0.2) is 27.3 Å². The van der Waals surface area contributed by atoms with Gasteiger partial charge in [0.1, 0.15) is 12.4 Å². The van der Waals surface area contributed by atoms with Crippen molar-refractivity contribution in [1.29, 1.82) is 0 Å². The fourth-order valence-electron chi connectivity index (χ4n) is 0.921. The number of rotatable bonds is 3. The lowest BCUT2D eigenvalue weighted by Crippen LogP contribution is -2.15. The topological polar surface area (TPSA) is 83.0 Å². The molecule has 0 radical (unpaired) electrons. The van der Waals surface area contributed by atoms with Crippen LogP contribution in [0.25, 0.3) is 0 Å². The summed E-state index contributed by atoms with van der Waals surface area (Å²) in [5.74, 6) is 0.433. The molecule has 0 spiro atoms. The van der Waals surface area contributed by atoms with Crippen molar-refractivity contribution in [2.45, 2.75) is 20.4 Å². The highest BCUT2D eigenvalue weighted by atomic mass is 16.5. The van der Waals surface area contributed by atoms with E-state index in [-0.39, 0.29) is 18.5 Å². The second-order valence-electron chi connectivity index (χ2n) is 2.48. The molecule has 72 valence electrons. The smallest absolute Gasteiger partial charge is 0.327 e. The van der Waals surface area contributed by atoms with Crippen LogP contribution < -0.4 is 5.73 Å². The summed E-state index contributed by atoms with van der Waals surface area (Å²) in [7, 11) is 0. The molecule has 1 rings (SSSR count). The Morgan fingerprint density at radius 3 is 2.85 bits per heavy atom. The molecule has 0 unspecified atom stereocenters. The number of carbonyl (C=O) groups excluding carboxylic acids is 1.